The highest BCUT2D eigenvalue weighted by Crippen LogP contribution is 2.31. The van der Waals surface area contributed by atoms with Crippen LogP contribution in [0.1, 0.15) is 26.5 Å². The molecule has 0 saturated heterocycles. The molecule has 0 aliphatic heterocycles. The number of ether oxygens (including phenoxy) is 2. The van der Waals surface area contributed by atoms with Crippen LogP contribution in [0.15, 0.2) is 84.0 Å². The minimum Gasteiger partial charge on any atom is -0.493 e. The molecule has 3 aromatic carbocycles. The Morgan fingerprint density at radius 2 is 1.76 bits per heavy atom. The second-order valence-corrected chi connectivity index (χ2v) is 8.35. The topological polar surface area (TPSA) is 72.8 Å². The third-order valence-electron chi connectivity index (χ3n) is 4.86. The molecular weight excluding hydrogens is 434 g/mol. The molecule has 0 radical (unpaired) electrons. The highest BCUT2D eigenvalue weighted by molar-refractivity contribution is 7.15. The molecule has 166 valence electrons. The van der Waals surface area contributed by atoms with Crippen LogP contribution in [-0.2, 0) is 6.61 Å². The fourth-order valence-electron chi connectivity index (χ4n) is 3.20. The predicted octanol–water partition coefficient (Wildman–Crippen LogP) is 5.47. The number of nitrogens with one attached hydrogen (secondary N) is 1. The average Bonchev–Trinajstić information content (AvgIpc) is 3.25. The van der Waals surface area contributed by atoms with Gasteiger partial charge < -0.3 is 9.47 Å². The van der Waals surface area contributed by atoms with Gasteiger partial charge in [-0.25, -0.2) is 10.4 Å². The lowest BCUT2D eigenvalue weighted by Crippen LogP contribution is -2.19. The molecule has 1 heterocycles. The quantitative estimate of drug-likeness (QED) is 0.281. The number of hydrogen-bond donors (Lipinski definition) is 1. The number of rotatable bonds is 8. The van der Waals surface area contributed by atoms with E-state index in [0.717, 1.165) is 21.0 Å². The average molecular weight is 458 g/mol. The van der Waals surface area contributed by atoms with Crippen LogP contribution in [0, 0.1) is 6.92 Å². The summed E-state index contributed by atoms with van der Waals surface area (Å²) in [5.74, 6) is 0.777. The van der Waals surface area contributed by atoms with Gasteiger partial charge in [-0.3, -0.25) is 4.79 Å². The maximum Gasteiger partial charge on any atom is 0.291 e. The van der Waals surface area contributed by atoms with Gasteiger partial charge in [0.15, 0.2) is 11.5 Å². The van der Waals surface area contributed by atoms with Gasteiger partial charge in [-0.2, -0.15) is 5.10 Å². The van der Waals surface area contributed by atoms with Crippen LogP contribution < -0.4 is 14.9 Å². The first-order valence-electron chi connectivity index (χ1n) is 10.4. The van der Waals surface area contributed by atoms with Gasteiger partial charge in [-0.1, -0.05) is 66.7 Å². The highest BCUT2D eigenvalue weighted by atomic mass is 32.1. The van der Waals surface area contributed by atoms with E-state index in [4.69, 9.17) is 9.47 Å². The highest BCUT2D eigenvalue weighted by Gasteiger charge is 2.16. The summed E-state index contributed by atoms with van der Waals surface area (Å²) in [7, 11) is 1.59. The van der Waals surface area contributed by atoms with Crippen molar-refractivity contribution in [2.24, 2.45) is 5.10 Å². The van der Waals surface area contributed by atoms with E-state index in [0.29, 0.717) is 29.4 Å². The Labute approximate surface area is 196 Å². The van der Waals surface area contributed by atoms with Gasteiger partial charge in [-0.05, 0) is 24.6 Å². The Hall–Kier alpha value is -3.97. The Balaban J connectivity index is 1.48. The smallest absolute Gasteiger partial charge is 0.291 e. The van der Waals surface area contributed by atoms with Gasteiger partial charge in [0.25, 0.3) is 5.91 Å². The molecule has 7 heteroatoms. The number of benzene rings is 3. The molecule has 0 fully saturated rings. The van der Waals surface area contributed by atoms with E-state index in [2.05, 4.69) is 15.5 Å². The summed E-state index contributed by atoms with van der Waals surface area (Å²) >= 11 is 1.48. The molecule has 0 bridgehead atoms. The van der Waals surface area contributed by atoms with Crippen molar-refractivity contribution in [2.45, 2.75) is 13.5 Å². The number of carbonyl (C=O) groups is 1. The third kappa shape index (κ3) is 5.45. The lowest BCUT2D eigenvalue weighted by molar-refractivity contribution is 0.0950. The Bertz CT molecular complexity index is 1250. The molecule has 1 amide bonds. The Morgan fingerprint density at radius 3 is 2.48 bits per heavy atom. The summed E-state index contributed by atoms with van der Waals surface area (Å²) in [6.45, 7) is 2.26. The molecule has 0 aliphatic rings. The molecule has 1 aromatic heterocycles. The molecule has 0 spiro atoms. The van der Waals surface area contributed by atoms with Crippen LogP contribution in [0.4, 0.5) is 0 Å². The number of hydrogen-bond acceptors (Lipinski definition) is 6. The van der Waals surface area contributed by atoms with Crippen molar-refractivity contribution in [1.29, 1.82) is 0 Å². The van der Waals surface area contributed by atoms with Crippen molar-refractivity contribution in [3.05, 3.63) is 101 Å². The van der Waals surface area contributed by atoms with Gasteiger partial charge >= 0.3 is 0 Å². The first kappa shape index (κ1) is 22.2. The minimum atomic E-state index is -0.364. The second kappa shape index (κ2) is 10.6. The molecule has 1 N–H and O–H groups in total. The fourth-order valence-corrected chi connectivity index (χ4v) is 4.12. The number of nitrogens with zero attached hydrogens (tertiary/aromatic N) is 2. The largest absolute Gasteiger partial charge is 0.493 e. The van der Waals surface area contributed by atoms with Crippen LogP contribution in [0.5, 0.6) is 11.5 Å². The molecule has 0 saturated carbocycles. The van der Waals surface area contributed by atoms with Gasteiger partial charge in [0.2, 0.25) is 0 Å². The molecule has 0 atom stereocenters. The Kier molecular flexibility index (Phi) is 7.12. The van der Waals surface area contributed by atoms with Crippen LogP contribution >= 0.6 is 11.3 Å². The summed E-state index contributed by atoms with van der Waals surface area (Å²) < 4.78 is 11.5. The fraction of sp³-hybridized carbons (Fsp3) is 0.115. The first-order chi connectivity index (χ1) is 16.2. The van der Waals surface area contributed by atoms with Gasteiger partial charge in [0, 0.05) is 16.0 Å². The normalized spacial score (nSPS) is 10.8. The number of thiazole rings is 1. The third-order valence-corrected chi connectivity index (χ3v) is 5.88. The summed E-state index contributed by atoms with van der Waals surface area (Å²) in [5, 5.41) is 4.93. The van der Waals surface area contributed by atoms with Gasteiger partial charge in [0.05, 0.1) is 13.3 Å². The predicted molar refractivity (Wildman–Crippen MR) is 131 cm³/mol. The lowest BCUT2D eigenvalue weighted by Gasteiger charge is -2.13. The Morgan fingerprint density at radius 1 is 1.03 bits per heavy atom. The van der Waals surface area contributed by atoms with Crippen molar-refractivity contribution in [3.63, 3.8) is 0 Å². The maximum absolute atomic E-state index is 12.7. The number of hydrazone groups is 1. The van der Waals surface area contributed by atoms with Crippen molar-refractivity contribution in [1.82, 2.24) is 10.4 Å². The molecule has 6 nitrogen and oxygen atoms in total. The summed E-state index contributed by atoms with van der Waals surface area (Å²) in [4.78, 5) is 18.0. The summed E-state index contributed by atoms with van der Waals surface area (Å²) in [6.07, 6.45) is 1.54. The van der Waals surface area contributed by atoms with Crippen molar-refractivity contribution < 1.29 is 14.3 Å². The van der Waals surface area contributed by atoms with Crippen molar-refractivity contribution in [2.75, 3.05) is 7.11 Å². The van der Waals surface area contributed by atoms with Crippen LogP contribution in [-0.4, -0.2) is 24.2 Å². The number of aromatic nitrogens is 1. The van der Waals surface area contributed by atoms with Crippen LogP contribution in [0.2, 0.25) is 0 Å². The number of para-hydroxylation sites is 1. The molecular formula is C26H23N3O3S. The molecule has 0 unspecified atom stereocenters. The first-order valence-corrected chi connectivity index (χ1v) is 11.2. The number of carbonyl (C=O) groups excluding carboxylic acids is 1. The second-order valence-electron chi connectivity index (χ2n) is 7.14. The lowest BCUT2D eigenvalue weighted by atomic mass is 10.2. The maximum atomic E-state index is 12.7. The van der Waals surface area contributed by atoms with Crippen LogP contribution in [0.3, 0.4) is 0 Å². The van der Waals surface area contributed by atoms with Crippen molar-refractivity contribution >= 4 is 23.5 Å². The van der Waals surface area contributed by atoms with E-state index in [9.17, 15) is 4.79 Å². The minimum absolute atomic E-state index is 0.363. The zero-order valence-electron chi connectivity index (χ0n) is 18.3. The molecule has 4 aromatic rings. The van der Waals surface area contributed by atoms with Crippen molar-refractivity contribution in [3.8, 4) is 22.1 Å². The van der Waals surface area contributed by atoms with Gasteiger partial charge in [-0.15, -0.1) is 11.3 Å². The molecule has 0 aliphatic carbocycles. The van der Waals surface area contributed by atoms with Crippen LogP contribution in [0.25, 0.3) is 10.6 Å². The molecule has 4 rings (SSSR count). The van der Waals surface area contributed by atoms with E-state index >= 15 is 0 Å². The zero-order valence-corrected chi connectivity index (χ0v) is 19.1. The van der Waals surface area contributed by atoms with E-state index in [-0.39, 0.29) is 5.91 Å². The summed E-state index contributed by atoms with van der Waals surface area (Å²) in [5.41, 5.74) is 5.63. The number of methoxy groups -OCH3 is 1. The number of amides is 1. The van der Waals surface area contributed by atoms with E-state index in [1.165, 1.54) is 11.3 Å². The number of aryl methyl sites for hydroxylation is 1. The van der Waals surface area contributed by atoms with E-state index < -0.39 is 0 Å². The van der Waals surface area contributed by atoms with E-state index in [1.54, 1.807) is 13.3 Å². The standard InChI is InChI=1S/C26H23N3O3S/c1-18-23(28-26(33-18)20-12-7-4-8-13-20)25(30)29-27-16-21-14-9-15-22(31-2)24(21)32-17-19-10-5-3-6-11-19/h3-16H,17H2,1-2H3,(H,29,30)/b27-16-. The zero-order chi connectivity index (χ0) is 23.0. The summed E-state index contributed by atoms with van der Waals surface area (Å²) in [6, 6.07) is 25.1. The van der Waals surface area contributed by atoms with Gasteiger partial charge in [0.1, 0.15) is 17.3 Å². The monoisotopic (exact) mass is 457 g/mol. The van der Waals surface area contributed by atoms with E-state index in [1.807, 2.05) is 85.8 Å². The SMILES string of the molecule is COc1cccc(/C=N\NC(=O)c2nc(-c3ccccc3)sc2C)c1OCc1ccccc1. The molecule has 33 heavy (non-hydrogen) atoms.